The number of aromatic nitrogens is 3. The fourth-order valence-corrected chi connectivity index (χ4v) is 4.58. The number of nitrogens with zero attached hydrogens (tertiary/aromatic N) is 4. The lowest BCUT2D eigenvalue weighted by molar-refractivity contribution is 0.0719. The van der Waals surface area contributed by atoms with E-state index in [0.29, 0.717) is 30.2 Å². The molecule has 34 heavy (non-hydrogen) atoms. The van der Waals surface area contributed by atoms with Crippen molar-refractivity contribution >= 4 is 16.9 Å². The standard InChI is InChI=1S/C27H24N4O3/c1-17-9-10-20(13-18(17)2)31-26(29-11-4-5-12-29)21-15-30(16-22(21)28-31)27(32)24-14-19-7-6-8-23(33-3)25(19)34-24/h4-14H,15-16H2,1-3H3. The number of benzene rings is 2. The van der Waals surface area contributed by atoms with Gasteiger partial charge in [-0.15, -0.1) is 0 Å². The smallest absolute Gasteiger partial charge is 0.290 e. The molecule has 4 heterocycles. The Morgan fingerprint density at radius 1 is 1.00 bits per heavy atom. The molecule has 1 aliphatic rings. The van der Waals surface area contributed by atoms with Crippen LogP contribution in [0.1, 0.15) is 32.9 Å². The number of hydrogen-bond donors (Lipinski definition) is 0. The first-order valence-electron chi connectivity index (χ1n) is 11.2. The van der Waals surface area contributed by atoms with Crippen molar-refractivity contribution < 1.29 is 13.9 Å². The summed E-state index contributed by atoms with van der Waals surface area (Å²) in [6.45, 7) is 5.09. The van der Waals surface area contributed by atoms with Crippen LogP contribution >= 0.6 is 0 Å². The zero-order valence-electron chi connectivity index (χ0n) is 19.3. The molecule has 5 aromatic rings. The largest absolute Gasteiger partial charge is 0.493 e. The maximum absolute atomic E-state index is 13.4. The predicted molar refractivity (Wildman–Crippen MR) is 129 cm³/mol. The molecule has 0 aliphatic carbocycles. The van der Waals surface area contributed by atoms with Crippen molar-refractivity contribution in [1.82, 2.24) is 19.2 Å². The van der Waals surface area contributed by atoms with Gasteiger partial charge in [-0.25, -0.2) is 4.68 Å². The SMILES string of the molecule is COc1cccc2cc(C(=O)N3Cc4nn(-c5ccc(C)c(C)c5)c(-n5cccc5)c4C3)oc12. The van der Waals surface area contributed by atoms with Gasteiger partial charge >= 0.3 is 0 Å². The zero-order valence-corrected chi connectivity index (χ0v) is 19.3. The Morgan fingerprint density at radius 2 is 1.82 bits per heavy atom. The van der Waals surface area contributed by atoms with E-state index in [-0.39, 0.29) is 5.91 Å². The zero-order chi connectivity index (χ0) is 23.4. The number of ether oxygens (including phenoxy) is 1. The summed E-state index contributed by atoms with van der Waals surface area (Å²) < 4.78 is 15.3. The molecule has 170 valence electrons. The Hall–Kier alpha value is -4.26. The summed E-state index contributed by atoms with van der Waals surface area (Å²) in [5.74, 6) is 1.70. The number of fused-ring (bicyclic) bond motifs is 2. The Kier molecular flexibility index (Phi) is 4.58. The number of aryl methyl sites for hydroxylation is 2. The fourth-order valence-electron chi connectivity index (χ4n) is 4.58. The van der Waals surface area contributed by atoms with Crippen molar-refractivity contribution in [2.24, 2.45) is 0 Å². The highest BCUT2D eigenvalue weighted by Crippen LogP contribution is 2.34. The molecule has 0 atom stereocenters. The van der Waals surface area contributed by atoms with E-state index < -0.39 is 0 Å². The van der Waals surface area contributed by atoms with E-state index in [1.165, 1.54) is 11.1 Å². The van der Waals surface area contributed by atoms with Crippen LogP contribution in [-0.2, 0) is 13.1 Å². The number of carbonyl (C=O) groups excluding carboxylic acids is 1. The minimum atomic E-state index is -0.160. The number of hydrogen-bond acceptors (Lipinski definition) is 4. The molecule has 0 unspecified atom stereocenters. The highest BCUT2D eigenvalue weighted by molar-refractivity contribution is 5.97. The van der Waals surface area contributed by atoms with Crippen molar-refractivity contribution in [2.75, 3.05) is 7.11 Å². The molecule has 0 fully saturated rings. The summed E-state index contributed by atoms with van der Waals surface area (Å²) in [4.78, 5) is 15.1. The van der Waals surface area contributed by atoms with Crippen LogP contribution in [0, 0.1) is 13.8 Å². The molecule has 0 bridgehead atoms. The monoisotopic (exact) mass is 452 g/mol. The van der Waals surface area contributed by atoms with Gasteiger partial charge in [0.2, 0.25) is 0 Å². The Bertz CT molecular complexity index is 1540. The number of amides is 1. The van der Waals surface area contributed by atoms with E-state index in [9.17, 15) is 4.79 Å². The van der Waals surface area contributed by atoms with Crippen molar-refractivity contribution in [1.29, 1.82) is 0 Å². The molecule has 0 saturated heterocycles. The fraction of sp³-hybridized carbons (Fsp3) is 0.185. The third-order valence-corrected chi connectivity index (χ3v) is 6.54. The maximum Gasteiger partial charge on any atom is 0.290 e. The van der Waals surface area contributed by atoms with Gasteiger partial charge in [-0.05, 0) is 61.4 Å². The van der Waals surface area contributed by atoms with Crippen LogP contribution in [-0.4, -0.2) is 32.3 Å². The average molecular weight is 453 g/mol. The van der Waals surface area contributed by atoms with E-state index in [0.717, 1.165) is 28.1 Å². The van der Waals surface area contributed by atoms with Gasteiger partial charge in [0.15, 0.2) is 17.1 Å². The van der Waals surface area contributed by atoms with Crippen molar-refractivity contribution in [3.05, 3.63) is 95.1 Å². The molecule has 1 amide bonds. The van der Waals surface area contributed by atoms with Crippen LogP contribution in [0.25, 0.3) is 22.5 Å². The van der Waals surface area contributed by atoms with Gasteiger partial charge in [-0.3, -0.25) is 4.79 Å². The van der Waals surface area contributed by atoms with E-state index >= 15 is 0 Å². The van der Waals surface area contributed by atoms with Gasteiger partial charge in [-0.1, -0.05) is 18.2 Å². The van der Waals surface area contributed by atoms with Gasteiger partial charge in [0.05, 0.1) is 31.6 Å². The molecule has 7 heteroatoms. The first-order valence-corrected chi connectivity index (χ1v) is 11.2. The quantitative estimate of drug-likeness (QED) is 0.376. The molecule has 3 aromatic heterocycles. The lowest BCUT2D eigenvalue weighted by atomic mass is 10.1. The second-order valence-corrected chi connectivity index (χ2v) is 8.67. The molecular weight excluding hydrogens is 428 g/mol. The minimum Gasteiger partial charge on any atom is -0.493 e. The van der Waals surface area contributed by atoms with Gasteiger partial charge in [0.25, 0.3) is 5.91 Å². The summed E-state index contributed by atoms with van der Waals surface area (Å²) in [5, 5.41) is 5.78. The summed E-state index contributed by atoms with van der Waals surface area (Å²) in [6, 6.07) is 17.7. The highest BCUT2D eigenvalue weighted by Gasteiger charge is 2.33. The number of methoxy groups -OCH3 is 1. The Labute approximate surface area is 196 Å². The average Bonchev–Trinajstić information content (AvgIpc) is 3.62. The summed E-state index contributed by atoms with van der Waals surface area (Å²) in [6.07, 6.45) is 4.01. The molecule has 6 rings (SSSR count). The number of furan rings is 1. The topological polar surface area (TPSA) is 65.4 Å². The lowest BCUT2D eigenvalue weighted by Gasteiger charge is -2.16. The number of para-hydroxylation sites is 1. The Balaban J connectivity index is 1.38. The van der Waals surface area contributed by atoms with Crippen LogP contribution in [0.4, 0.5) is 0 Å². The van der Waals surface area contributed by atoms with E-state index in [1.54, 1.807) is 18.1 Å². The van der Waals surface area contributed by atoms with Crippen LogP contribution in [0.15, 0.2) is 71.4 Å². The third-order valence-electron chi connectivity index (χ3n) is 6.54. The molecule has 0 saturated carbocycles. The Morgan fingerprint density at radius 3 is 2.59 bits per heavy atom. The summed E-state index contributed by atoms with van der Waals surface area (Å²) in [5.41, 5.74) is 5.97. The van der Waals surface area contributed by atoms with Crippen molar-refractivity contribution in [2.45, 2.75) is 26.9 Å². The third kappa shape index (κ3) is 3.12. The number of carbonyl (C=O) groups is 1. The second kappa shape index (κ2) is 7.66. The van der Waals surface area contributed by atoms with Crippen LogP contribution in [0.2, 0.25) is 0 Å². The number of rotatable bonds is 4. The second-order valence-electron chi connectivity index (χ2n) is 8.67. The van der Waals surface area contributed by atoms with Crippen LogP contribution < -0.4 is 4.74 Å². The van der Waals surface area contributed by atoms with Gasteiger partial charge in [0, 0.05) is 23.3 Å². The molecule has 0 spiro atoms. The normalized spacial score (nSPS) is 13.0. The predicted octanol–water partition coefficient (Wildman–Crippen LogP) is 5.19. The lowest BCUT2D eigenvalue weighted by Crippen LogP contribution is -2.26. The summed E-state index contributed by atoms with van der Waals surface area (Å²) >= 11 is 0. The van der Waals surface area contributed by atoms with Gasteiger partial charge < -0.3 is 18.6 Å². The van der Waals surface area contributed by atoms with Gasteiger partial charge in [0.1, 0.15) is 5.82 Å². The van der Waals surface area contributed by atoms with E-state index in [4.69, 9.17) is 14.3 Å². The van der Waals surface area contributed by atoms with E-state index in [2.05, 4.69) is 36.6 Å². The summed E-state index contributed by atoms with van der Waals surface area (Å²) in [7, 11) is 1.59. The first-order chi connectivity index (χ1) is 16.5. The molecule has 1 aliphatic heterocycles. The molecular formula is C27H24N4O3. The van der Waals surface area contributed by atoms with E-state index in [1.807, 2.05) is 47.4 Å². The highest BCUT2D eigenvalue weighted by atomic mass is 16.5. The molecule has 0 radical (unpaired) electrons. The first kappa shape index (κ1) is 20.4. The minimum absolute atomic E-state index is 0.160. The molecule has 2 aromatic carbocycles. The van der Waals surface area contributed by atoms with Crippen LogP contribution in [0.3, 0.4) is 0 Å². The maximum atomic E-state index is 13.4. The molecule has 7 nitrogen and oxygen atoms in total. The van der Waals surface area contributed by atoms with Crippen molar-refractivity contribution in [3.63, 3.8) is 0 Å². The van der Waals surface area contributed by atoms with Gasteiger partial charge in [-0.2, -0.15) is 5.10 Å². The van der Waals surface area contributed by atoms with Crippen LogP contribution in [0.5, 0.6) is 5.75 Å². The molecule has 0 N–H and O–H groups in total. The van der Waals surface area contributed by atoms with Crippen molar-refractivity contribution in [3.8, 4) is 17.3 Å².